The van der Waals surface area contributed by atoms with Crippen LogP contribution >= 0.6 is 23.1 Å². The lowest BCUT2D eigenvalue weighted by atomic mass is 10.1. The number of thioether (sulfide) groups is 1. The second kappa shape index (κ2) is 9.03. The first-order valence-electron chi connectivity index (χ1n) is 8.80. The van der Waals surface area contributed by atoms with Gasteiger partial charge in [-0.3, -0.25) is 9.59 Å². The summed E-state index contributed by atoms with van der Waals surface area (Å²) in [6, 6.07) is 9.67. The fourth-order valence-electron chi connectivity index (χ4n) is 2.73. The summed E-state index contributed by atoms with van der Waals surface area (Å²) in [4.78, 5) is 23.5. The molecule has 0 spiro atoms. The number of rotatable bonds is 8. The number of amides is 2. The summed E-state index contributed by atoms with van der Waals surface area (Å²) in [5.74, 6) is 0.664. The van der Waals surface area contributed by atoms with Crippen LogP contribution < -0.4 is 11.1 Å². The molecule has 9 heteroatoms. The number of hydrogen-bond acceptors (Lipinski definition) is 6. The van der Waals surface area contributed by atoms with Gasteiger partial charge in [0.05, 0.1) is 5.56 Å². The molecule has 3 aromatic rings. The van der Waals surface area contributed by atoms with Crippen LogP contribution in [0.5, 0.6) is 0 Å². The number of thiophene rings is 1. The quantitative estimate of drug-likeness (QED) is 0.548. The van der Waals surface area contributed by atoms with Gasteiger partial charge >= 0.3 is 0 Å². The van der Waals surface area contributed by atoms with Crippen LogP contribution in [-0.4, -0.2) is 32.3 Å². The second-order valence-electron chi connectivity index (χ2n) is 6.04. The molecule has 1 aromatic carbocycles. The number of nitrogens with one attached hydrogen (secondary N) is 1. The van der Waals surface area contributed by atoms with Gasteiger partial charge in [0.15, 0.2) is 11.0 Å². The van der Waals surface area contributed by atoms with Gasteiger partial charge in [0.2, 0.25) is 5.91 Å². The minimum atomic E-state index is -0.550. The summed E-state index contributed by atoms with van der Waals surface area (Å²) in [5, 5.41) is 14.4. The third-order valence-electron chi connectivity index (χ3n) is 4.16. The molecule has 0 radical (unpaired) electrons. The van der Waals surface area contributed by atoms with Crippen molar-refractivity contribution >= 4 is 39.9 Å². The maximum absolute atomic E-state index is 12.2. The third-order valence-corrected chi connectivity index (χ3v) is 5.96. The van der Waals surface area contributed by atoms with E-state index in [-0.39, 0.29) is 12.3 Å². The molecule has 28 heavy (non-hydrogen) atoms. The molecule has 146 valence electrons. The van der Waals surface area contributed by atoms with Gasteiger partial charge < -0.3 is 15.6 Å². The molecule has 7 nitrogen and oxygen atoms in total. The number of aromatic nitrogens is 3. The first-order valence-corrected chi connectivity index (χ1v) is 10.7. The Morgan fingerprint density at radius 1 is 1.25 bits per heavy atom. The molecule has 3 N–H and O–H groups in total. The first-order chi connectivity index (χ1) is 13.5. The summed E-state index contributed by atoms with van der Waals surface area (Å²) in [6.07, 6.45) is 0.289. The van der Waals surface area contributed by atoms with Crippen molar-refractivity contribution in [1.29, 1.82) is 0 Å². The lowest BCUT2D eigenvalue weighted by Gasteiger charge is -2.09. The lowest BCUT2D eigenvalue weighted by molar-refractivity contribution is -0.115. The number of carbonyl (C=O) groups excluding carboxylic acids is 2. The zero-order chi connectivity index (χ0) is 20.1. The van der Waals surface area contributed by atoms with E-state index < -0.39 is 5.91 Å². The Labute approximate surface area is 171 Å². The molecule has 3 rings (SSSR count). The number of carbonyl (C=O) groups is 2. The molecule has 0 unspecified atom stereocenters. The molecule has 0 aliphatic rings. The van der Waals surface area contributed by atoms with Crippen molar-refractivity contribution in [3.8, 4) is 11.4 Å². The smallest absolute Gasteiger partial charge is 0.251 e. The van der Waals surface area contributed by atoms with E-state index >= 15 is 0 Å². The summed E-state index contributed by atoms with van der Waals surface area (Å²) in [5.41, 5.74) is 7.83. The fraction of sp³-hybridized carbons (Fsp3) is 0.263. The van der Waals surface area contributed by atoms with Gasteiger partial charge in [-0.2, -0.15) is 0 Å². The zero-order valence-corrected chi connectivity index (χ0v) is 17.3. The molecule has 2 aromatic heterocycles. The molecular formula is C19H21N5O2S2. The van der Waals surface area contributed by atoms with Crippen LogP contribution in [0.1, 0.15) is 29.3 Å². The van der Waals surface area contributed by atoms with Crippen LogP contribution in [0.15, 0.2) is 40.9 Å². The van der Waals surface area contributed by atoms with Crippen molar-refractivity contribution < 1.29 is 9.59 Å². The molecule has 0 aliphatic carbocycles. The van der Waals surface area contributed by atoms with Crippen molar-refractivity contribution in [2.45, 2.75) is 32.0 Å². The fourth-order valence-corrected chi connectivity index (χ4v) is 4.48. The van der Waals surface area contributed by atoms with Gasteiger partial charge in [-0.15, -0.1) is 21.5 Å². The van der Waals surface area contributed by atoms with Gasteiger partial charge in [-0.1, -0.05) is 36.0 Å². The van der Waals surface area contributed by atoms with Gasteiger partial charge in [-0.05, 0) is 30.9 Å². The number of nitrogens with zero attached hydrogens (tertiary/aromatic N) is 3. The molecule has 2 heterocycles. The predicted octanol–water partition coefficient (Wildman–Crippen LogP) is 3.55. The van der Waals surface area contributed by atoms with Gasteiger partial charge in [0, 0.05) is 24.3 Å². The maximum Gasteiger partial charge on any atom is 0.251 e. The normalized spacial score (nSPS) is 10.8. The van der Waals surface area contributed by atoms with Gasteiger partial charge in [-0.25, -0.2) is 0 Å². The summed E-state index contributed by atoms with van der Waals surface area (Å²) < 4.78 is 2.05. The zero-order valence-electron chi connectivity index (χ0n) is 15.6. The van der Waals surface area contributed by atoms with Crippen molar-refractivity contribution in [3.05, 3.63) is 46.8 Å². The largest absolute Gasteiger partial charge is 0.366 e. The van der Waals surface area contributed by atoms with E-state index in [2.05, 4.69) is 20.1 Å². The molecule has 2 amide bonds. The highest BCUT2D eigenvalue weighted by Gasteiger charge is 2.16. The number of benzene rings is 1. The molecule has 0 bridgehead atoms. The summed E-state index contributed by atoms with van der Waals surface area (Å²) in [6.45, 7) is 4.83. The van der Waals surface area contributed by atoms with E-state index in [0.29, 0.717) is 16.3 Å². The van der Waals surface area contributed by atoms with Crippen molar-refractivity contribution in [2.24, 2.45) is 5.73 Å². The maximum atomic E-state index is 12.2. The highest BCUT2D eigenvalue weighted by Crippen LogP contribution is 2.27. The lowest BCUT2D eigenvalue weighted by Crippen LogP contribution is -2.16. The van der Waals surface area contributed by atoms with E-state index in [1.54, 1.807) is 11.4 Å². The van der Waals surface area contributed by atoms with E-state index in [0.717, 1.165) is 28.7 Å². The summed E-state index contributed by atoms with van der Waals surface area (Å²) >= 11 is 2.76. The second-order valence-corrected chi connectivity index (χ2v) is 8.02. The van der Waals surface area contributed by atoms with E-state index in [4.69, 9.17) is 5.73 Å². The highest BCUT2D eigenvalue weighted by atomic mass is 32.2. The SMILES string of the molecule is CCn1c(SCCC(=O)Nc2sccc2C(N)=O)nnc1-c1ccccc1C. The topological polar surface area (TPSA) is 103 Å². The minimum absolute atomic E-state index is 0.167. The Balaban J connectivity index is 1.62. The number of hydrogen-bond donors (Lipinski definition) is 2. The van der Waals surface area contributed by atoms with Crippen molar-refractivity contribution in [2.75, 3.05) is 11.1 Å². The molecule has 0 saturated carbocycles. The molecule has 0 fully saturated rings. The molecule has 0 atom stereocenters. The predicted molar refractivity (Wildman–Crippen MR) is 113 cm³/mol. The Hall–Kier alpha value is -2.65. The monoisotopic (exact) mass is 415 g/mol. The van der Waals surface area contributed by atoms with Gasteiger partial charge in [0.25, 0.3) is 5.91 Å². The standard InChI is InChI=1S/C19H21N5O2S2/c1-3-24-17(13-7-5-4-6-12(13)2)22-23-19(24)28-11-9-15(25)21-18-14(16(20)26)8-10-27-18/h4-8,10H,3,9,11H2,1-2H3,(H2,20,26)(H,21,25). The highest BCUT2D eigenvalue weighted by molar-refractivity contribution is 7.99. The number of nitrogens with two attached hydrogens (primary N) is 1. The average Bonchev–Trinajstić information content (AvgIpc) is 3.29. The van der Waals surface area contributed by atoms with E-state index in [1.807, 2.05) is 38.1 Å². The molecule has 0 saturated heterocycles. The number of anilines is 1. The van der Waals surface area contributed by atoms with Crippen LogP contribution in [0.4, 0.5) is 5.00 Å². The Morgan fingerprint density at radius 3 is 2.75 bits per heavy atom. The first kappa shape index (κ1) is 20.1. The van der Waals surface area contributed by atoms with Crippen molar-refractivity contribution in [1.82, 2.24) is 14.8 Å². The Bertz CT molecular complexity index is 996. The van der Waals surface area contributed by atoms with Crippen LogP contribution in [0.3, 0.4) is 0 Å². The van der Waals surface area contributed by atoms with Crippen LogP contribution in [0.25, 0.3) is 11.4 Å². The minimum Gasteiger partial charge on any atom is -0.366 e. The van der Waals surface area contributed by atoms with Crippen LogP contribution in [-0.2, 0) is 11.3 Å². The average molecular weight is 416 g/mol. The third kappa shape index (κ3) is 4.42. The van der Waals surface area contributed by atoms with Gasteiger partial charge in [0.1, 0.15) is 5.00 Å². The number of primary amides is 1. The molecular weight excluding hydrogens is 394 g/mol. The van der Waals surface area contributed by atoms with Crippen LogP contribution in [0, 0.1) is 6.92 Å². The van der Waals surface area contributed by atoms with Crippen molar-refractivity contribution in [3.63, 3.8) is 0 Å². The van der Waals surface area contributed by atoms with E-state index in [9.17, 15) is 9.59 Å². The Morgan fingerprint density at radius 2 is 2.04 bits per heavy atom. The Kier molecular flexibility index (Phi) is 6.48. The number of aryl methyl sites for hydroxylation is 1. The summed E-state index contributed by atoms with van der Waals surface area (Å²) in [7, 11) is 0. The molecule has 0 aliphatic heterocycles. The van der Waals surface area contributed by atoms with Crippen LogP contribution in [0.2, 0.25) is 0 Å². The van der Waals surface area contributed by atoms with E-state index in [1.165, 1.54) is 23.1 Å².